The van der Waals surface area contributed by atoms with E-state index in [2.05, 4.69) is 6.92 Å². The lowest BCUT2D eigenvalue weighted by molar-refractivity contribution is -0.146. The fraction of sp³-hybridized carbons (Fsp3) is 0.812. The first-order chi connectivity index (χ1) is 9.09. The van der Waals surface area contributed by atoms with Crippen LogP contribution in [0.25, 0.3) is 0 Å². The predicted octanol–water partition coefficient (Wildman–Crippen LogP) is 3.46. The first-order valence-corrected chi connectivity index (χ1v) is 7.50. The monoisotopic (exact) mass is 268 g/mol. The zero-order valence-electron chi connectivity index (χ0n) is 12.6. The van der Waals surface area contributed by atoms with Crippen LogP contribution in [-0.4, -0.2) is 24.3 Å². The number of esters is 1. The Hall–Kier alpha value is -0.830. The van der Waals surface area contributed by atoms with E-state index in [0.29, 0.717) is 18.1 Å². The lowest BCUT2D eigenvalue weighted by atomic mass is 9.68. The topological polar surface area (TPSA) is 46.5 Å². The maximum absolute atomic E-state index is 11.8. The molecule has 0 aromatic rings. The highest BCUT2D eigenvalue weighted by molar-refractivity contribution is 5.87. The van der Waals surface area contributed by atoms with Crippen molar-refractivity contribution in [3.05, 3.63) is 11.6 Å². The molecule has 1 atom stereocenters. The van der Waals surface area contributed by atoms with E-state index in [1.165, 1.54) is 19.3 Å². The number of hydrogen-bond acceptors (Lipinski definition) is 3. The molecule has 0 heterocycles. The second-order valence-corrected chi connectivity index (χ2v) is 5.76. The van der Waals surface area contributed by atoms with Crippen molar-refractivity contribution in [3.63, 3.8) is 0 Å². The Morgan fingerprint density at radius 3 is 2.47 bits per heavy atom. The highest BCUT2D eigenvalue weighted by atomic mass is 16.5. The molecular formula is C16H28O3. The van der Waals surface area contributed by atoms with E-state index in [9.17, 15) is 9.90 Å². The summed E-state index contributed by atoms with van der Waals surface area (Å²) in [4.78, 5) is 11.8. The van der Waals surface area contributed by atoms with E-state index in [0.717, 1.165) is 19.3 Å². The zero-order chi connectivity index (χ0) is 14.3. The lowest BCUT2D eigenvalue weighted by Crippen LogP contribution is -2.40. The molecule has 1 fully saturated rings. The van der Waals surface area contributed by atoms with Crippen LogP contribution in [0.4, 0.5) is 0 Å². The van der Waals surface area contributed by atoms with Gasteiger partial charge in [-0.25, -0.2) is 4.79 Å². The van der Waals surface area contributed by atoms with Crippen molar-refractivity contribution in [2.24, 2.45) is 11.3 Å². The molecule has 0 aliphatic heterocycles. The van der Waals surface area contributed by atoms with Gasteiger partial charge in [0.1, 0.15) is 0 Å². The van der Waals surface area contributed by atoms with Gasteiger partial charge in [0.05, 0.1) is 13.2 Å². The molecule has 1 unspecified atom stereocenters. The van der Waals surface area contributed by atoms with Crippen LogP contribution in [0.1, 0.15) is 59.3 Å². The van der Waals surface area contributed by atoms with Gasteiger partial charge < -0.3 is 9.84 Å². The van der Waals surface area contributed by atoms with Crippen molar-refractivity contribution < 1.29 is 14.6 Å². The van der Waals surface area contributed by atoms with Crippen molar-refractivity contribution in [1.29, 1.82) is 0 Å². The van der Waals surface area contributed by atoms with E-state index in [1.807, 2.05) is 6.92 Å². The summed E-state index contributed by atoms with van der Waals surface area (Å²) in [5, 5.41) is 9.83. The van der Waals surface area contributed by atoms with E-state index in [4.69, 9.17) is 4.74 Å². The van der Waals surface area contributed by atoms with E-state index in [-0.39, 0.29) is 18.0 Å². The molecule has 3 heteroatoms. The van der Waals surface area contributed by atoms with Gasteiger partial charge in [0.25, 0.3) is 0 Å². The number of aliphatic hydroxyl groups excluding tert-OH is 1. The second-order valence-electron chi connectivity index (χ2n) is 5.76. The minimum absolute atomic E-state index is 0.107. The standard InChI is InChI=1S/C16H28O3/c1-4-13(3)15(18)19-12-16(5-2,11-17)14-9-7-6-8-10-14/h4,14,17H,5-12H2,1-3H3. The average molecular weight is 268 g/mol. The molecule has 0 amide bonds. The predicted molar refractivity (Wildman–Crippen MR) is 76.8 cm³/mol. The summed E-state index contributed by atoms with van der Waals surface area (Å²) in [6, 6.07) is 0. The smallest absolute Gasteiger partial charge is 0.333 e. The Bertz CT molecular complexity index is 310. The maximum Gasteiger partial charge on any atom is 0.333 e. The van der Waals surface area contributed by atoms with Gasteiger partial charge in [0.15, 0.2) is 0 Å². The molecule has 3 nitrogen and oxygen atoms in total. The number of rotatable bonds is 6. The molecule has 0 aromatic heterocycles. The van der Waals surface area contributed by atoms with Crippen LogP contribution in [0.3, 0.4) is 0 Å². The third-order valence-electron chi connectivity index (χ3n) is 4.74. The molecule has 0 bridgehead atoms. The van der Waals surface area contributed by atoms with E-state index >= 15 is 0 Å². The molecule has 1 saturated carbocycles. The number of aliphatic hydroxyl groups is 1. The summed E-state index contributed by atoms with van der Waals surface area (Å²) >= 11 is 0. The van der Waals surface area contributed by atoms with Crippen LogP contribution in [-0.2, 0) is 9.53 Å². The quantitative estimate of drug-likeness (QED) is 0.592. The number of hydrogen-bond donors (Lipinski definition) is 1. The molecule has 1 rings (SSSR count). The second kappa shape index (κ2) is 7.68. The van der Waals surface area contributed by atoms with Gasteiger partial charge in [0.2, 0.25) is 0 Å². The van der Waals surface area contributed by atoms with Crippen molar-refractivity contribution in [2.75, 3.05) is 13.2 Å². The van der Waals surface area contributed by atoms with Crippen LogP contribution in [0.5, 0.6) is 0 Å². The van der Waals surface area contributed by atoms with Gasteiger partial charge in [-0.2, -0.15) is 0 Å². The SMILES string of the molecule is CC=C(C)C(=O)OCC(CC)(CO)C1CCCCC1. The van der Waals surface area contributed by atoms with Gasteiger partial charge in [-0.1, -0.05) is 32.3 Å². The van der Waals surface area contributed by atoms with Gasteiger partial charge in [0, 0.05) is 11.0 Å². The van der Waals surface area contributed by atoms with Crippen molar-refractivity contribution in [2.45, 2.75) is 59.3 Å². The van der Waals surface area contributed by atoms with Gasteiger partial charge >= 0.3 is 5.97 Å². The minimum atomic E-state index is -0.260. The zero-order valence-corrected chi connectivity index (χ0v) is 12.6. The number of carbonyl (C=O) groups excluding carboxylic acids is 1. The maximum atomic E-state index is 11.8. The Morgan fingerprint density at radius 1 is 1.37 bits per heavy atom. The highest BCUT2D eigenvalue weighted by Crippen LogP contribution is 2.41. The summed E-state index contributed by atoms with van der Waals surface area (Å²) in [6.07, 6.45) is 8.66. The minimum Gasteiger partial charge on any atom is -0.462 e. The highest BCUT2D eigenvalue weighted by Gasteiger charge is 2.38. The Labute approximate surface area is 117 Å². The first kappa shape index (κ1) is 16.2. The van der Waals surface area contributed by atoms with Crippen LogP contribution in [0.2, 0.25) is 0 Å². The Balaban J connectivity index is 2.67. The molecule has 19 heavy (non-hydrogen) atoms. The van der Waals surface area contributed by atoms with Gasteiger partial charge in [-0.05, 0) is 39.0 Å². The molecule has 0 radical (unpaired) electrons. The third-order valence-corrected chi connectivity index (χ3v) is 4.74. The van der Waals surface area contributed by atoms with Gasteiger partial charge in [-0.15, -0.1) is 0 Å². The van der Waals surface area contributed by atoms with Gasteiger partial charge in [-0.3, -0.25) is 0 Å². The lowest BCUT2D eigenvalue weighted by Gasteiger charge is -2.40. The normalized spacial score (nSPS) is 20.9. The van der Waals surface area contributed by atoms with Crippen LogP contribution in [0, 0.1) is 11.3 Å². The molecule has 0 saturated heterocycles. The molecule has 0 spiro atoms. The number of allylic oxidation sites excluding steroid dienone is 1. The molecule has 1 aliphatic carbocycles. The molecular weight excluding hydrogens is 240 g/mol. The molecule has 110 valence electrons. The van der Waals surface area contributed by atoms with Crippen molar-refractivity contribution in [3.8, 4) is 0 Å². The largest absolute Gasteiger partial charge is 0.462 e. The number of carbonyl (C=O) groups is 1. The average Bonchev–Trinajstić information content (AvgIpc) is 2.48. The molecule has 1 aliphatic rings. The van der Waals surface area contributed by atoms with Crippen LogP contribution in [0.15, 0.2) is 11.6 Å². The summed E-state index contributed by atoms with van der Waals surface area (Å²) < 4.78 is 5.43. The van der Waals surface area contributed by atoms with E-state index in [1.54, 1.807) is 13.0 Å². The van der Waals surface area contributed by atoms with Crippen LogP contribution >= 0.6 is 0 Å². The van der Waals surface area contributed by atoms with E-state index < -0.39 is 0 Å². The van der Waals surface area contributed by atoms with Crippen molar-refractivity contribution >= 4 is 5.97 Å². The van der Waals surface area contributed by atoms with Crippen molar-refractivity contribution in [1.82, 2.24) is 0 Å². The Morgan fingerprint density at radius 2 is 2.00 bits per heavy atom. The molecule has 0 aromatic carbocycles. The summed E-state index contributed by atoms with van der Waals surface area (Å²) in [7, 11) is 0. The fourth-order valence-corrected chi connectivity index (χ4v) is 2.95. The Kier molecular flexibility index (Phi) is 6.56. The summed E-state index contributed by atoms with van der Waals surface area (Å²) in [6.45, 7) is 6.12. The fourth-order valence-electron chi connectivity index (χ4n) is 2.95. The first-order valence-electron chi connectivity index (χ1n) is 7.50. The van der Waals surface area contributed by atoms with Crippen LogP contribution < -0.4 is 0 Å². The number of ether oxygens (including phenoxy) is 1. The summed E-state index contributed by atoms with van der Waals surface area (Å²) in [5.41, 5.74) is 0.385. The molecule has 1 N–H and O–H groups in total. The third kappa shape index (κ3) is 4.07. The summed E-state index contributed by atoms with van der Waals surface area (Å²) in [5.74, 6) is 0.222.